The molecule has 1 rings (SSSR count). The van der Waals surface area contributed by atoms with E-state index in [0.29, 0.717) is 12.6 Å². The molecule has 90 valence electrons. The number of nitrogens with zero attached hydrogens (tertiary/aromatic N) is 3. The van der Waals surface area contributed by atoms with Gasteiger partial charge in [0.15, 0.2) is 0 Å². The Balaban J connectivity index is 2.58. The summed E-state index contributed by atoms with van der Waals surface area (Å²) in [4.78, 5) is 11.9. The van der Waals surface area contributed by atoms with Gasteiger partial charge in [-0.05, 0) is 24.3 Å². The van der Waals surface area contributed by atoms with Gasteiger partial charge in [0.2, 0.25) is 11.2 Å². The van der Waals surface area contributed by atoms with Crippen LogP contribution >= 0.6 is 23.4 Å². The van der Waals surface area contributed by atoms with Gasteiger partial charge in [0.05, 0.1) is 6.61 Å². The molecular weight excluding hydrogens is 248 g/mol. The summed E-state index contributed by atoms with van der Waals surface area (Å²) >= 11 is 7.50. The van der Waals surface area contributed by atoms with Crippen molar-refractivity contribution in [3.05, 3.63) is 5.28 Å². The van der Waals surface area contributed by atoms with E-state index in [1.807, 2.05) is 13.2 Å². The van der Waals surface area contributed by atoms with Crippen molar-refractivity contribution in [1.82, 2.24) is 15.0 Å². The smallest absolute Gasteiger partial charge is 0.322 e. The van der Waals surface area contributed by atoms with Gasteiger partial charge >= 0.3 is 6.01 Å². The minimum atomic E-state index is 0.146. The molecule has 1 N–H and O–H groups in total. The second kappa shape index (κ2) is 7.51. The number of nitrogens with one attached hydrogen (secondary N) is 1. The number of rotatable bonds is 7. The maximum absolute atomic E-state index is 5.75. The van der Waals surface area contributed by atoms with Gasteiger partial charge in [-0.1, -0.05) is 6.92 Å². The van der Waals surface area contributed by atoms with Gasteiger partial charge < -0.3 is 10.1 Å². The standard InChI is InChI=1S/C9H15ClN4OS/c1-3-5-15-9-13-7(10)12-8(14-9)11-4-6-16-2/h3-6H2,1-2H3,(H,11,12,13,14). The van der Waals surface area contributed by atoms with E-state index in [2.05, 4.69) is 20.3 Å². The van der Waals surface area contributed by atoms with E-state index in [1.165, 1.54) is 0 Å². The molecule has 1 aromatic rings. The first-order chi connectivity index (χ1) is 7.76. The Kier molecular flexibility index (Phi) is 6.25. The predicted molar refractivity (Wildman–Crippen MR) is 67.5 cm³/mol. The van der Waals surface area contributed by atoms with E-state index in [0.717, 1.165) is 18.7 Å². The lowest BCUT2D eigenvalue weighted by molar-refractivity contribution is 0.291. The number of anilines is 1. The minimum absolute atomic E-state index is 0.146. The second-order valence-electron chi connectivity index (χ2n) is 2.98. The molecule has 0 aromatic carbocycles. The van der Waals surface area contributed by atoms with Crippen LogP contribution in [-0.2, 0) is 0 Å². The van der Waals surface area contributed by atoms with Crippen LogP contribution in [0.2, 0.25) is 5.28 Å². The molecule has 0 atom stereocenters. The SMILES string of the molecule is CCCOc1nc(Cl)nc(NCCSC)n1. The molecule has 0 spiro atoms. The molecule has 0 saturated heterocycles. The van der Waals surface area contributed by atoms with E-state index < -0.39 is 0 Å². The largest absolute Gasteiger partial charge is 0.463 e. The summed E-state index contributed by atoms with van der Waals surface area (Å²) in [6, 6.07) is 0.272. The average molecular weight is 263 g/mol. The molecular formula is C9H15ClN4OS. The molecule has 16 heavy (non-hydrogen) atoms. The molecule has 0 unspecified atom stereocenters. The summed E-state index contributed by atoms with van der Waals surface area (Å²) in [5.41, 5.74) is 0. The predicted octanol–water partition coefficient (Wildman–Crippen LogP) is 2.09. The van der Waals surface area contributed by atoms with Crippen LogP contribution in [0.3, 0.4) is 0 Å². The van der Waals surface area contributed by atoms with Crippen LogP contribution in [0.5, 0.6) is 6.01 Å². The number of hydrogen-bond acceptors (Lipinski definition) is 6. The van der Waals surface area contributed by atoms with Crippen LogP contribution in [0, 0.1) is 0 Å². The molecule has 0 saturated carbocycles. The number of aromatic nitrogens is 3. The molecule has 0 radical (unpaired) electrons. The Hall–Kier alpha value is -0.750. The van der Waals surface area contributed by atoms with Gasteiger partial charge in [0.1, 0.15) is 0 Å². The highest BCUT2D eigenvalue weighted by Gasteiger charge is 2.04. The summed E-state index contributed by atoms with van der Waals surface area (Å²) < 4.78 is 5.29. The Labute approximate surface area is 104 Å². The third-order valence-corrected chi connectivity index (χ3v) is 2.39. The van der Waals surface area contributed by atoms with Crippen LogP contribution in [0.15, 0.2) is 0 Å². The van der Waals surface area contributed by atoms with Crippen LogP contribution in [0.1, 0.15) is 13.3 Å². The first-order valence-corrected chi connectivity index (χ1v) is 6.80. The highest BCUT2D eigenvalue weighted by atomic mass is 35.5. The quantitative estimate of drug-likeness (QED) is 0.760. The summed E-state index contributed by atoms with van der Waals surface area (Å²) in [6.45, 7) is 3.37. The van der Waals surface area contributed by atoms with Gasteiger partial charge in [-0.2, -0.15) is 26.7 Å². The highest BCUT2D eigenvalue weighted by molar-refractivity contribution is 7.98. The topological polar surface area (TPSA) is 59.9 Å². The first kappa shape index (κ1) is 13.3. The van der Waals surface area contributed by atoms with Crippen molar-refractivity contribution < 1.29 is 4.74 Å². The van der Waals surface area contributed by atoms with Crippen molar-refractivity contribution in [2.24, 2.45) is 0 Å². The Morgan fingerprint density at radius 1 is 1.38 bits per heavy atom. The molecule has 0 aliphatic rings. The van der Waals surface area contributed by atoms with E-state index in [4.69, 9.17) is 16.3 Å². The van der Waals surface area contributed by atoms with Gasteiger partial charge in [-0.25, -0.2) is 0 Å². The fourth-order valence-electron chi connectivity index (χ4n) is 0.934. The highest BCUT2D eigenvalue weighted by Crippen LogP contribution is 2.11. The van der Waals surface area contributed by atoms with Crippen molar-refractivity contribution in [1.29, 1.82) is 0 Å². The molecule has 7 heteroatoms. The van der Waals surface area contributed by atoms with Gasteiger partial charge in [-0.3, -0.25) is 0 Å². The maximum atomic E-state index is 5.75. The van der Waals surface area contributed by atoms with Crippen LogP contribution in [-0.4, -0.2) is 40.1 Å². The summed E-state index contributed by atoms with van der Waals surface area (Å²) in [7, 11) is 0. The van der Waals surface area contributed by atoms with Crippen molar-refractivity contribution in [3.8, 4) is 6.01 Å². The minimum Gasteiger partial charge on any atom is -0.463 e. The van der Waals surface area contributed by atoms with E-state index in [1.54, 1.807) is 11.8 Å². The normalized spacial score (nSPS) is 10.2. The van der Waals surface area contributed by atoms with Crippen molar-refractivity contribution >= 4 is 29.3 Å². The molecule has 1 heterocycles. The fraction of sp³-hybridized carbons (Fsp3) is 0.667. The molecule has 0 bridgehead atoms. The van der Waals surface area contributed by atoms with Gasteiger partial charge in [0.25, 0.3) is 0 Å². The van der Waals surface area contributed by atoms with Crippen LogP contribution < -0.4 is 10.1 Å². The lowest BCUT2D eigenvalue weighted by atomic mass is 10.5. The molecule has 0 fully saturated rings. The van der Waals surface area contributed by atoms with Crippen molar-refractivity contribution in [2.45, 2.75) is 13.3 Å². The van der Waals surface area contributed by atoms with Gasteiger partial charge in [0, 0.05) is 12.3 Å². The number of ether oxygens (including phenoxy) is 1. The average Bonchev–Trinajstić information content (AvgIpc) is 2.26. The molecule has 5 nitrogen and oxygen atoms in total. The van der Waals surface area contributed by atoms with E-state index in [9.17, 15) is 0 Å². The lowest BCUT2D eigenvalue weighted by Crippen LogP contribution is -2.10. The zero-order chi connectivity index (χ0) is 11.8. The number of hydrogen-bond donors (Lipinski definition) is 1. The summed E-state index contributed by atoms with van der Waals surface area (Å²) in [5.74, 6) is 1.44. The zero-order valence-electron chi connectivity index (χ0n) is 9.36. The van der Waals surface area contributed by atoms with Crippen molar-refractivity contribution in [2.75, 3.05) is 30.5 Å². The third kappa shape index (κ3) is 4.85. The van der Waals surface area contributed by atoms with E-state index in [-0.39, 0.29) is 11.3 Å². The number of thioether (sulfide) groups is 1. The van der Waals surface area contributed by atoms with Crippen molar-refractivity contribution in [3.63, 3.8) is 0 Å². The number of halogens is 1. The van der Waals surface area contributed by atoms with Gasteiger partial charge in [-0.15, -0.1) is 0 Å². The molecule has 0 aliphatic carbocycles. The summed E-state index contributed by atoms with van der Waals surface area (Å²) in [5, 5.41) is 3.20. The lowest BCUT2D eigenvalue weighted by Gasteiger charge is -2.06. The van der Waals surface area contributed by atoms with Crippen LogP contribution in [0.25, 0.3) is 0 Å². The van der Waals surface area contributed by atoms with E-state index >= 15 is 0 Å². The first-order valence-electron chi connectivity index (χ1n) is 5.03. The zero-order valence-corrected chi connectivity index (χ0v) is 10.9. The monoisotopic (exact) mass is 262 g/mol. The summed E-state index contributed by atoms with van der Waals surface area (Å²) in [6.07, 6.45) is 2.94. The Bertz CT molecular complexity index is 326. The second-order valence-corrected chi connectivity index (χ2v) is 4.30. The molecule has 0 aliphatic heterocycles. The Morgan fingerprint density at radius 3 is 2.88 bits per heavy atom. The molecule has 1 aromatic heterocycles. The maximum Gasteiger partial charge on any atom is 0.322 e. The Morgan fingerprint density at radius 2 is 2.19 bits per heavy atom. The molecule has 0 amide bonds. The van der Waals surface area contributed by atoms with Crippen LogP contribution in [0.4, 0.5) is 5.95 Å². The third-order valence-electron chi connectivity index (χ3n) is 1.61. The fourth-order valence-corrected chi connectivity index (χ4v) is 1.39.